The molecular weight excluding hydrogens is 468 g/mol. The van der Waals surface area contributed by atoms with Crippen molar-refractivity contribution in [2.75, 3.05) is 0 Å². The monoisotopic (exact) mass is 494 g/mol. The van der Waals surface area contributed by atoms with E-state index in [1.165, 1.54) is 0 Å². The smallest absolute Gasteiger partial charge is 0.341 e. The molecule has 2 amide bonds. The van der Waals surface area contributed by atoms with Crippen LogP contribution in [0.2, 0.25) is 0 Å². The van der Waals surface area contributed by atoms with Crippen molar-refractivity contribution in [3.63, 3.8) is 0 Å². The third kappa shape index (κ3) is 5.26. The number of ether oxygens (including phenoxy) is 1. The fourth-order valence-electron chi connectivity index (χ4n) is 4.30. The zero-order valence-electron chi connectivity index (χ0n) is 19.9. The highest BCUT2D eigenvalue weighted by molar-refractivity contribution is 7.10. The molecule has 0 aliphatic carbocycles. The molecule has 0 bridgehead atoms. The average Bonchev–Trinajstić information content (AvgIpc) is 3.38. The predicted molar refractivity (Wildman–Crippen MR) is 145 cm³/mol. The van der Waals surface area contributed by atoms with Gasteiger partial charge in [0, 0.05) is 16.7 Å². The third-order valence-electron chi connectivity index (χ3n) is 6.16. The van der Waals surface area contributed by atoms with Gasteiger partial charge >= 0.3 is 6.03 Å². The number of urea groups is 1. The number of benzene rings is 3. The van der Waals surface area contributed by atoms with Gasteiger partial charge in [0.2, 0.25) is 0 Å². The van der Waals surface area contributed by atoms with E-state index in [9.17, 15) is 4.79 Å². The number of nitrogens with one attached hydrogen (secondary N) is 1. The zero-order valence-corrected chi connectivity index (χ0v) is 20.7. The number of amides is 2. The van der Waals surface area contributed by atoms with Gasteiger partial charge in [0.1, 0.15) is 17.4 Å². The number of aliphatic imine (C=N–C) groups is 2. The lowest BCUT2D eigenvalue weighted by atomic mass is 9.88. The number of thiazole rings is 1. The zero-order chi connectivity index (χ0) is 24.9. The predicted octanol–water partition coefficient (Wildman–Crippen LogP) is 6.60. The van der Waals surface area contributed by atoms with E-state index < -0.39 is 0 Å². The van der Waals surface area contributed by atoms with Crippen molar-refractivity contribution in [2.45, 2.75) is 32.0 Å². The van der Waals surface area contributed by atoms with Crippen molar-refractivity contribution >= 4 is 29.8 Å². The average molecular weight is 495 g/mol. The van der Waals surface area contributed by atoms with E-state index in [4.69, 9.17) is 9.72 Å². The van der Waals surface area contributed by atoms with Gasteiger partial charge in [-0.1, -0.05) is 66.7 Å². The number of hydrogen-bond acceptors (Lipinski definition) is 5. The van der Waals surface area contributed by atoms with E-state index in [0.29, 0.717) is 13.2 Å². The maximum atomic E-state index is 12.3. The molecule has 0 saturated heterocycles. The van der Waals surface area contributed by atoms with Crippen LogP contribution in [0.25, 0.3) is 11.3 Å². The minimum Gasteiger partial charge on any atom is -0.489 e. The Hall–Kier alpha value is -4.10. The van der Waals surface area contributed by atoms with Gasteiger partial charge in [-0.15, -0.1) is 11.3 Å². The van der Waals surface area contributed by atoms with Crippen molar-refractivity contribution in [2.24, 2.45) is 9.98 Å². The van der Waals surface area contributed by atoms with Crippen molar-refractivity contribution in [3.8, 4) is 17.0 Å². The molecule has 1 aliphatic heterocycles. The van der Waals surface area contributed by atoms with Crippen LogP contribution in [0.4, 0.5) is 4.79 Å². The van der Waals surface area contributed by atoms with Crippen LogP contribution < -0.4 is 10.1 Å². The quantitative estimate of drug-likeness (QED) is 0.280. The van der Waals surface area contributed by atoms with Gasteiger partial charge in [-0.25, -0.2) is 14.8 Å². The minimum atomic E-state index is -0.332. The maximum absolute atomic E-state index is 12.3. The van der Waals surface area contributed by atoms with Crippen molar-refractivity contribution in [1.82, 2.24) is 10.3 Å². The summed E-state index contributed by atoms with van der Waals surface area (Å²) in [4.78, 5) is 25.4. The normalized spacial score (nSPS) is 17.2. The second-order valence-corrected chi connectivity index (χ2v) is 9.54. The second kappa shape index (κ2) is 10.7. The van der Waals surface area contributed by atoms with Crippen LogP contribution in [-0.4, -0.2) is 23.4 Å². The number of aromatic nitrogens is 1. The van der Waals surface area contributed by atoms with Gasteiger partial charge in [0.15, 0.2) is 0 Å². The van der Waals surface area contributed by atoms with Gasteiger partial charge in [0.25, 0.3) is 0 Å². The Labute approximate surface area is 214 Å². The number of rotatable bonds is 8. The van der Waals surface area contributed by atoms with Crippen LogP contribution >= 0.6 is 11.3 Å². The summed E-state index contributed by atoms with van der Waals surface area (Å²) in [6, 6.07) is 25.5. The van der Waals surface area contributed by atoms with Crippen LogP contribution in [0, 0.1) is 0 Å². The van der Waals surface area contributed by atoms with Gasteiger partial charge in [0.05, 0.1) is 24.2 Å². The van der Waals surface area contributed by atoms with Crippen molar-refractivity contribution in [3.05, 3.63) is 106 Å². The lowest BCUT2D eigenvalue weighted by Gasteiger charge is -2.30. The van der Waals surface area contributed by atoms with Gasteiger partial charge in [-0.3, -0.25) is 4.99 Å². The molecule has 0 fully saturated rings. The highest BCUT2D eigenvalue weighted by Gasteiger charge is 2.35. The topological polar surface area (TPSA) is 75.9 Å². The van der Waals surface area contributed by atoms with Crippen LogP contribution in [0.1, 0.15) is 40.6 Å². The lowest BCUT2D eigenvalue weighted by molar-refractivity contribution is 0.243. The molecule has 1 N–H and O–H groups in total. The van der Waals surface area contributed by atoms with E-state index in [2.05, 4.69) is 39.5 Å². The molecule has 3 aromatic carbocycles. The SMILES string of the molecule is C=NCc1ccc(-c2csc(C3C(C)=NC(=O)NC3c3ccc(OCc4ccccc4)cc3)n2)cc1. The summed E-state index contributed by atoms with van der Waals surface area (Å²) in [5.41, 5.74) is 5.89. The molecule has 1 aromatic heterocycles. The van der Waals surface area contributed by atoms with E-state index in [0.717, 1.165) is 44.4 Å². The molecule has 0 radical (unpaired) electrons. The second-order valence-electron chi connectivity index (χ2n) is 8.65. The summed E-state index contributed by atoms with van der Waals surface area (Å²) in [5, 5.41) is 6.01. The number of carbonyl (C=O) groups is 1. The molecule has 4 aromatic rings. The molecule has 2 atom stereocenters. The lowest BCUT2D eigenvalue weighted by Crippen LogP contribution is -2.38. The summed E-state index contributed by atoms with van der Waals surface area (Å²) in [5.74, 6) is 0.625. The molecule has 0 spiro atoms. The molecule has 7 heteroatoms. The van der Waals surface area contributed by atoms with Crippen LogP contribution in [0.15, 0.2) is 94.2 Å². The Bertz CT molecular complexity index is 1380. The van der Waals surface area contributed by atoms with Crippen molar-refractivity contribution < 1.29 is 9.53 Å². The highest BCUT2D eigenvalue weighted by atomic mass is 32.1. The molecule has 180 valence electrons. The first-order valence-corrected chi connectivity index (χ1v) is 12.6. The Balaban J connectivity index is 1.36. The van der Waals surface area contributed by atoms with Gasteiger partial charge < -0.3 is 10.1 Å². The molecule has 1 aliphatic rings. The molecule has 2 heterocycles. The van der Waals surface area contributed by atoms with Gasteiger partial charge in [-0.2, -0.15) is 0 Å². The first-order chi connectivity index (χ1) is 17.6. The maximum Gasteiger partial charge on any atom is 0.341 e. The first kappa shape index (κ1) is 23.6. The van der Waals surface area contributed by atoms with Crippen LogP contribution in [0.3, 0.4) is 0 Å². The molecule has 5 rings (SSSR count). The van der Waals surface area contributed by atoms with E-state index >= 15 is 0 Å². The molecule has 2 unspecified atom stereocenters. The minimum absolute atomic E-state index is 0.151. The standard InChI is InChI=1S/C29H26N4O2S/c1-19-26(28-32-25(18-36-28)22-10-8-20(9-11-22)16-30-2)27(33-29(34)31-19)23-12-14-24(15-13-23)35-17-21-6-4-3-5-7-21/h3-15,18,26-27H,2,16-17H2,1H3,(H,33,34). The molecule has 0 saturated carbocycles. The Morgan fingerprint density at radius 3 is 2.47 bits per heavy atom. The Morgan fingerprint density at radius 1 is 1.00 bits per heavy atom. The largest absolute Gasteiger partial charge is 0.489 e. The highest BCUT2D eigenvalue weighted by Crippen LogP contribution is 2.38. The van der Waals surface area contributed by atoms with Gasteiger partial charge in [-0.05, 0) is 42.5 Å². The van der Waals surface area contributed by atoms with Crippen molar-refractivity contribution in [1.29, 1.82) is 0 Å². The Kier molecular flexibility index (Phi) is 7.00. The first-order valence-electron chi connectivity index (χ1n) is 11.7. The summed E-state index contributed by atoms with van der Waals surface area (Å²) in [7, 11) is 0. The summed E-state index contributed by atoms with van der Waals surface area (Å²) >= 11 is 1.58. The Morgan fingerprint density at radius 2 is 1.75 bits per heavy atom. The van der Waals surface area contributed by atoms with Crippen LogP contribution in [-0.2, 0) is 13.2 Å². The summed E-state index contributed by atoms with van der Waals surface area (Å²) in [6.45, 7) is 6.55. The summed E-state index contributed by atoms with van der Waals surface area (Å²) < 4.78 is 5.93. The number of hydrogen-bond donors (Lipinski definition) is 1. The molecular formula is C29H26N4O2S. The van der Waals surface area contributed by atoms with E-state index in [1.807, 2.05) is 73.7 Å². The summed E-state index contributed by atoms with van der Waals surface area (Å²) in [6.07, 6.45) is 0. The molecule has 36 heavy (non-hydrogen) atoms. The van der Waals surface area contributed by atoms with E-state index in [-0.39, 0.29) is 18.0 Å². The van der Waals surface area contributed by atoms with Crippen LogP contribution in [0.5, 0.6) is 5.75 Å². The number of nitrogens with zero attached hydrogens (tertiary/aromatic N) is 3. The van der Waals surface area contributed by atoms with E-state index in [1.54, 1.807) is 11.3 Å². The number of carbonyl (C=O) groups excluding carboxylic acids is 1. The third-order valence-corrected chi connectivity index (χ3v) is 7.09. The fourth-order valence-corrected chi connectivity index (χ4v) is 5.33. The fraction of sp³-hybridized carbons (Fsp3) is 0.172. The molecule has 6 nitrogen and oxygen atoms in total.